The highest BCUT2D eigenvalue weighted by atomic mass is 79.9. The first-order valence-electron chi connectivity index (χ1n) is 5.65. The third kappa shape index (κ3) is 4.79. The number of aryl methyl sites for hydroxylation is 1. The lowest BCUT2D eigenvalue weighted by Gasteiger charge is -2.04. The average Bonchev–Trinajstić information content (AvgIpc) is 2.29. The maximum atomic E-state index is 11.7. The number of halogens is 1. The molecule has 1 aromatic carbocycles. The molecular formula is C13H18BrNO. The molecule has 0 saturated heterocycles. The largest absolute Gasteiger partial charge is 0.352 e. The number of nitrogens with one attached hydrogen (secondary N) is 1. The van der Waals surface area contributed by atoms with Gasteiger partial charge in [0.2, 0.25) is 0 Å². The average molecular weight is 284 g/mol. The molecule has 0 atom stereocenters. The van der Waals surface area contributed by atoms with E-state index >= 15 is 0 Å². The molecule has 0 aromatic heterocycles. The van der Waals surface area contributed by atoms with Crippen molar-refractivity contribution in [1.29, 1.82) is 0 Å². The lowest BCUT2D eigenvalue weighted by Crippen LogP contribution is -2.24. The predicted molar refractivity (Wildman–Crippen MR) is 71.2 cm³/mol. The fourth-order valence-corrected chi connectivity index (χ4v) is 1.80. The minimum absolute atomic E-state index is 0.0267. The Labute approximate surface area is 106 Å². The SMILES string of the molecule is Cc1ccc(C(=O)NCCCCCBr)cc1. The molecule has 1 aromatic rings. The fraction of sp³-hybridized carbons (Fsp3) is 0.462. The fourth-order valence-electron chi connectivity index (χ4n) is 1.41. The van der Waals surface area contributed by atoms with E-state index in [1.54, 1.807) is 0 Å². The van der Waals surface area contributed by atoms with Gasteiger partial charge in [0.1, 0.15) is 0 Å². The molecule has 0 aliphatic carbocycles. The Morgan fingerprint density at radius 3 is 2.50 bits per heavy atom. The van der Waals surface area contributed by atoms with E-state index in [0.717, 1.165) is 30.3 Å². The number of hydrogen-bond acceptors (Lipinski definition) is 1. The van der Waals surface area contributed by atoms with E-state index in [0.29, 0.717) is 0 Å². The van der Waals surface area contributed by atoms with Gasteiger partial charge in [0.25, 0.3) is 5.91 Å². The summed E-state index contributed by atoms with van der Waals surface area (Å²) < 4.78 is 0. The number of carbonyl (C=O) groups is 1. The number of unbranched alkanes of at least 4 members (excludes halogenated alkanes) is 2. The molecule has 0 aliphatic heterocycles. The van der Waals surface area contributed by atoms with Gasteiger partial charge in [-0.3, -0.25) is 4.79 Å². The molecule has 16 heavy (non-hydrogen) atoms. The normalized spacial score (nSPS) is 10.1. The quantitative estimate of drug-likeness (QED) is 0.630. The standard InChI is InChI=1S/C13H18BrNO/c1-11-5-7-12(8-6-11)13(16)15-10-4-2-3-9-14/h5-8H,2-4,9-10H2,1H3,(H,15,16). The van der Waals surface area contributed by atoms with E-state index in [4.69, 9.17) is 0 Å². The van der Waals surface area contributed by atoms with E-state index in [-0.39, 0.29) is 5.91 Å². The van der Waals surface area contributed by atoms with Crippen LogP contribution in [-0.2, 0) is 0 Å². The van der Waals surface area contributed by atoms with E-state index < -0.39 is 0 Å². The first-order valence-corrected chi connectivity index (χ1v) is 6.77. The molecule has 3 heteroatoms. The van der Waals surface area contributed by atoms with Gasteiger partial charge < -0.3 is 5.32 Å². The van der Waals surface area contributed by atoms with Crippen LogP contribution in [0, 0.1) is 6.92 Å². The van der Waals surface area contributed by atoms with Crippen molar-refractivity contribution in [3.05, 3.63) is 35.4 Å². The molecular weight excluding hydrogens is 266 g/mol. The first kappa shape index (κ1) is 13.2. The number of rotatable bonds is 6. The Kier molecular flexibility index (Phi) is 6.16. The molecule has 0 fully saturated rings. The zero-order valence-electron chi connectivity index (χ0n) is 9.63. The first-order chi connectivity index (χ1) is 7.74. The van der Waals surface area contributed by atoms with Gasteiger partial charge in [0.15, 0.2) is 0 Å². The Balaban J connectivity index is 2.27. The molecule has 0 saturated carbocycles. The van der Waals surface area contributed by atoms with Crippen LogP contribution >= 0.6 is 15.9 Å². The minimum atomic E-state index is 0.0267. The summed E-state index contributed by atoms with van der Waals surface area (Å²) in [6.07, 6.45) is 3.36. The monoisotopic (exact) mass is 283 g/mol. The van der Waals surface area contributed by atoms with Gasteiger partial charge in [0.05, 0.1) is 0 Å². The highest BCUT2D eigenvalue weighted by Gasteiger charge is 2.03. The van der Waals surface area contributed by atoms with Crippen molar-refractivity contribution in [3.63, 3.8) is 0 Å². The van der Waals surface area contributed by atoms with Crippen LogP contribution in [-0.4, -0.2) is 17.8 Å². The third-order valence-electron chi connectivity index (χ3n) is 2.41. The number of benzene rings is 1. The van der Waals surface area contributed by atoms with Crippen LogP contribution in [0.15, 0.2) is 24.3 Å². The smallest absolute Gasteiger partial charge is 0.251 e. The van der Waals surface area contributed by atoms with Crippen molar-refractivity contribution in [2.24, 2.45) is 0 Å². The maximum absolute atomic E-state index is 11.7. The van der Waals surface area contributed by atoms with Crippen molar-refractivity contribution in [2.75, 3.05) is 11.9 Å². The van der Waals surface area contributed by atoms with E-state index in [9.17, 15) is 4.79 Å². The molecule has 1 rings (SSSR count). The van der Waals surface area contributed by atoms with Gasteiger partial charge in [-0.05, 0) is 31.9 Å². The summed E-state index contributed by atoms with van der Waals surface area (Å²) >= 11 is 3.39. The summed E-state index contributed by atoms with van der Waals surface area (Å²) in [5, 5.41) is 3.96. The number of amides is 1. The summed E-state index contributed by atoms with van der Waals surface area (Å²) in [4.78, 5) is 11.7. The molecule has 2 nitrogen and oxygen atoms in total. The molecule has 88 valence electrons. The van der Waals surface area contributed by atoms with Crippen LogP contribution in [0.2, 0.25) is 0 Å². The summed E-state index contributed by atoms with van der Waals surface area (Å²) in [6, 6.07) is 7.64. The minimum Gasteiger partial charge on any atom is -0.352 e. The van der Waals surface area contributed by atoms with Crippen molar-refractivity contribution < 1.29 is 4.79 Å². The van der Waals surface area contributed by atoms with Crippen molar-refractivity contribution in [3.8, 4) is 0 Å². The van der Waals surface area contributed by atoms with Crippen molar-refractivity contribution in [1.82, 2.24) is 5.32 Å². The second kappa shape index (κ2) is 7.44. The van der Waals surface area contributed by atoms with Crippen molar-refractivity contribution in [2.45, 2.75) is 26.2 Å². The van der Waals surface area contributed by atoms with E-state index in [1.165, 1.54) is 12.0 Å². The molecule has 0 radical (unpaired) electrons. The summed E-state index contributed by atoms with van der Waals surface area (Å²) in [6.45, 7) is 2.78. The molecule has 0 heterocycles. The zero-order valence-corrected chi connectivity index (χ0v) is 11.2. The topological polar surface area (TPSA) is 29.1 Å². The van der Waals surface area contributed by atoms with Gasteiger partial charge in [-0.1, -0.05) is 40.0 Å². The van der Waals surface area contributed by atoms with Crippen LogP contribution in [0.4, 0.5) is 0 Å². The number of alkyl halides is 1. The number of carbonyl (C=O) groups excluding carboxylic acids is 1. The van der Waals surface area contributed by atoms with E-state index in [1.807, 2.05) is 31.2 Å². The Hall–Kier alpha value is -0.830. The Bertz CT molecular complexity index is 321. The maximum Gasteiger partial charge on any atom is 0.251 e. The van der Waals surface area contributed by atoms with Crippen LogP contribution in [0.3, 0.4) is 0 Å². The Morgan fingerprint density at radius 2 is 1.88 bits per heavy atom. The second-order valence-corrected chi connectivity index (χ2v) is 4.66. The third-order valence-corrected chi connectivity index (χ3v) is 2.97. The van der Waals surface area contributed by atoms with Crippen molar-refractivity contribution >= 4 is 21.8 Å². The number of hydrogen-bond donors (Lipinski definition) is 1. The van der Waals surface area contributed by atoms with Gasteiger partial charge in [0, 0.05) is 17.4 Å². The second-order valence-electron chi connectivity index (χ2n) is 3.87. The predicted octanol–water partition coefficient (Wildman–Crippen LogP) is 3.29. The lowest BCUT2D eigenvalue weighted by molar-refractivity contribution is 0.0953. The van der Waals surface area contributed by atoms with Crippen LogP contribution in [0.1, 0.15) is 35.2 Å². The highest BCUT2D eigenvalue weighted by molar-refractivity contribution is 9.09. The molecule has 1 N–H and O–H groups in total. The van der Waals surface area contributed by atoms with Gasteiger partial charge >= 0.3 is 0 Å². The van der Waals surface area contributed by atoms with Crippen LogP contribution < -0.4 is 5.32 Å². The molecule has 0 spiro atoms. The zero-order chi connectivity index (χ0) is 11.8. The van der Waals surface area contributed by atoms with Crippen LogP contribution in [0.25, 0.3) is 0 Å². The molecule has 0 bridgehead atoms. The lowest BCUT2D eigenvalue weighted by atomic mass is 10.1. The molecule has 0 aliphatic rings. The molecule has 0 unspecified atom stereocenters. The Morgan fingerprint density at radius 1 is 1.19 bits per heavy atom. The summed E-state index contributed by atoms with van der Waals surface area (Å²) in [5.41, 5.74) is 1.92. The van der Waals surface area contributed by atoms with Gasteiger partial charge in [-0.15, -0.1) is 0 Å². The van der Waals surface area contributed by atoms with Gasteiger partial charge in [-0.2, -0.15) is 0 Å². The van der Waals surface area contributed by atoms with Gasteiger partial charge in [-0.25, -0.2) is 0 Å². The molecule has 1 amide bonds. The van der Waals surface area contributed by atoms with Crippen LogP contribution in [0.5, 0.6) is 0 Å². The van der Waals surface area contributed by atoms with E-state index in [2.05, 4.69) is 21.2 Å². The highest BCUT2D eigenvalue weighted by Crippen LogP contribution is 2.03. The summed E-state index contributed by atoms with van der Waals surface area (Å²) in [5.74, 6) is 0.0267. The summed E-state index contributed by atoms with van der Waals surface area (Å²) in [7, 11) is 0.